The summed E-state index contributed by atoms with van der Waals surface area (Å²) in [5.41, 5.74) is 4.67. The van der Waals surface area contributed by atoms with E-state index in [1.54, 1.807) is 24.3 Å². The summed E-state index contributed by atoms with van der Waals surface area (Å²) in [7, 11) is 1.35. The Hall–Kier alpha value is -2.86. The first-order chi connectivity index (χ1) is 13.5. The first kappa shape index (κ1) is 19.9. The molecule has 1 aromatic heterocycles. The predicted octanol–water partition coefficient (Wildman–Crippen LogP) is 4.05. The molecule has 0 fully saturated rings. The van der Waals surface area contributed by atoms with Crippen molar-refractivity contribution in [3.05, 3.63) is 70.8 Å². The van der Waals surface area contributed by atoms with Crippen molar-refractivity contribution in [1.82, 2.24) is 10.3 Å². The number of hydrogen-bond donors (Lipinski definition) is 1. The van der Waals surface area contributed by atoms with Crippen LogP contribution in [-0.4, -0.2) is 29.7 Å². The minimum absolute atomic E-state index is 0.0635. The van der Waals surface area contributed by atoms with Gasteiger partial charge in [-0.15, -0.1) is 0 Å². The number of amides is 1. The molecule has 2 aromatic carbocycles. The molecule has 0 saturated carbocycles. The Morgan fingerprint density at radius 2 is 1.82 bits per heavy atom. The highest BCUT2D eigenvalue weighted by Crippen LogP contribution is 2.25. The summed E-state index contributed by atoms with van der Waals surface area (Å²) in [5.74, 6) is -0.142. The fourth-order valence-corrected chi connectivity index (χ4v) is 3.67. The number of esters is 1. The third-order valence-electron chi connectivity index (χ3n) is 4.44. The molecule has 3 aromatic rings. The molecule has 0 aliphatic rings. The molecular formula is C22H22N2O3S. The molecule has 3 rings (SSSR count). The van der Waals surface area contributed by atoms with Crippen LogP contribution in [0.3, 0.4) is 0 Å². The average Bonchev–Trinajstić information content (AvgIpc) is 2.71. The molecule has 5 nitrogen and oxygen atoms in total. The number of carbonyl (C=O) groups excluding carboxylic acids is 2. The second kappa shape index (κ2) is 8.89. The second-order valence-corrected chi connectivity index (χ2v) is 7.50. The van der Waals surface area contributed by atoms with Gasteiger partial charge in [0.2, 0.25) is 5.91 Å². The van der Waals surface area contributed by atoms with Crippen molar-refractivity contribution in [2.45, 2.75) is 25.4 Å². The molecule has 0 aliphatic heterocycles. The Balaban J connectivity index is 1.56. The minimum Gasteiger partial charge on any atom is -0.465 e. The van der Waals surface area contributed by atoms with Crippen LogP contribution in [0.5, 0.6) is 0 Å². The predicted molar refractivity (Wildman–Crippen MR) is 112 cm³/mol. The van der Waals surface area contributed by atoms with Gasteiger partial charge in [0.15, 0.2) is 0 Å². The SMILES string of the molecule is COC(=O)c1ccc(CNC(=O)CSc2cc(C)c3cccc(C)c3n2)cc1. The average molecular weight is 394 g/mol. The fraction of sp³-hybridized carbons (Fsp3) is 0.227. The number of thioether (sulfide) groups is 1. The Kier molecular flexibility index (Phi) is 6.31. The van der Waals surface area contributed by atoms with Crippen molar-refractivity contribution >= 4 is 34.5 Å². The van der Waals surface area contributed by atoms with E-state index in [0.717, 1.165) is 32.6 Å². The quantitative estimate of drug-likeness (QED) is 0.505. The molecule has 1 N–H and O–H groups in total. The van der Waals surface area contributed by atoms with Gasteiger partial charge in [0.25, 0.3) is 0 Å². The normalized spacial score (nSPS) is 10.7. The van der Waals surface area contributed by atoms with E-state index in [4.69, 9.17) is 4.98 Å². The molecule has 0 bridgehead atoms. The van der Waals surface area contributed by atoms with Gasteiger partial charge in [-0.3, -0.25) is 4.79 Å². The lowest BCUT2D eigenvalue weighted by molar-refractivity contribution is -0.118. The number of carbonyl (C=O) groups is 2. The van der Waals surface area contributed by atoms with Gasteiger partial charge in [-0.1, -0.05) is 42.1 Å². The van der Waals surface area contributed by atoms with Crippen LogP contribution in [0, 0.1) is 13.8 Å². The standard InChI is InChI=1S/C22H22N2O3S/c1-14-5-4-6-18-15(2)11-20(24-21(14)18)28-13-19(25)23-12-16-7-9-17(10-8-16)22(26)27-3/h4-11H,12-13H2,1-3H3,(H,23,25). The van der Waals surface area contributed by atoms with Gasteiger partial charge in [-0.2, -0.15) is 0 Å². The topological polar surface area (TPSA) is 68.3 Å². The zero-order valence-electron chi connectivity index (χ0n) is 16.1. The number of para-hydroxylation sites is 1. The van der Waals surface area contributed by atoms with Gasteiger partial charge in [0.1, 0.15) is 0 Å². The summed E-state index contributed by atoms with van der Waals surface area (Å²) >= 11 is 1.43. The van der Waals surface area contributed by atoms with Gasteiger partial charge in [-0.25, -0.2) is 9.78 Å². The van der Waals surface area contributed by atoms with Crippen LogP contribution in [0.1, 0.15) is 27.0 Å². The van der Waals surface area contributed by atoms with E-state index in [9.17, 15) is 9.59 Å². The lowest BCUT2D eigenvalue weighted by Gasteiger charge is -2.09. The maximum absolute atomic E-state index is 12.2. The van der Waals surface area contributed by atoms with Gasteiger partial charge < -0.3 is 10.1 Å². The van der Waals surface area contributed by atoms with Crippen molar-refractivity contribution < 1.29 is 14.3 Å². The lowest BCUT2D eigenvalue weighted by Crippen LogP contribution is -2.24. The highest BCUT2D eigenvalue weighted by atomic mass is 32.2. The molecule has 0 unspecified atom stereocenters. The Labute approximate surface area is 168 Å². The minimum atomic E-state index is -0.375. The zero-order chi connectivity index (χ0) is 20.1. The van der Waals surface area contributed by atoms with Crippen molar-refractivity contribution in [3.8, 4) is 0 Å². The van der Waals surface area contributed by atoms with E-state index in [-0.39, 0.29) is 11.9 Å². The number of nitrogens with one attached hydrogen (secondary N) is 1. The number of hydrogen-bond acceptors (Lipinski definition) is 5. The molecule has 6 heteroatoms. The van der Waals surface area contributed by atoms with Gasteiger partial charge in [0, 0.05) is 11.9 Å². The third kappa shape index (κ3) is 4.70. The zero-order valence-corrected chi connectivity index (χ0v) is 16.9. The maximum Gasteiger partial charge on any atom is 0.337 e. The highest BCUT2D eigenvalue weighted by molar-refractivity contribution is 7.99. The number of aromatic nitrogens is 1. The summed E-state index contributed by atoms with van der Waals surface area (Å²) in [6.45, 7) is 4.51. The van der Waals surface area contributed by atoms with E-state index >= 15 is 0 Å². The van der Waals surface area contributed by atoms with Crippen molar-refractivity contribution in [2.24, 2.45) is 0 Å². The highest BCUT2D eigenvalue weighted by Gasteiger charge is 2.09. The van der Waals surface area contributed by atoms with Crippen LogP contribution >= 0.6 is 11.8 Å². The molecule has 28 heavy (non-hydrogen) atoms. The molecule has 144 valence electrons. The molecule has 1 heterocycles. The summed E-state index contributed by atoms with van der Waals surface area (Å²) < 4.78 is 4.67. The van der Waals surface area contributed by atoms with Crippen LogP contribution in [-0.2, 0) is 16.1 Å². The van der Waals surface area contributed by atoms with Crippen LogP contribution in [0.4, 0.5) is 0 Å². The van der Waals surface area contributed by atoms with Crippen molar-refractivity contribution in [3.63, 3.8) is 0 Å². The molecule has 0 saturated heterocycles. The Morgan fingerprint density at radius 3 is 2.54 bits per heavy atom. The van der Waals surface area contributed by atoms with Crippen molar-refractivity contribution in [2.75, 3.05) is 12.9 Å². The van der Waals surface area contributed by atoms with Gasteiger partial charge in [-0.05, 0) is 48.7 Å². The monoisotopic (exact) mass is 394 g/mol. The summed E-state index contributed by atoms with van der Waals surface area (Å²) in [4.78, 5) is 28.3. The van der Waals surface area contributed by atoms with E-state index in [1.807, 2.05) is 25.1 Å². The number of pyridine rings is 1. The summed E-state index contributed by atoms with van der Waals surface area (Å²) in [6.07, 6.45) is 0. The number of aryl methyl sites for hydroxylation is 2. The molecule has 0 radical (unpaired) electrons. The Bertz CT molecular complexity index is 1020. The van der Waals surface area contributed by atoms with Crippen LogP contribution in [0.25, 0.3) is 10.9 Å². The van der Waals surface area contributed by atoms with Gasteiger partial charge >= 0.3 is 5.97 Å². The maximum atomic E-state index is 12.2. The molecule has 0 aliphatic carbocycles. The Morgan fingerprint density at radius 1 is 1.07 bits per heavy atom. The number of ether oxygens (including phenoxy) is 1. The first-order valence-corrected chi connectivity index (χ1v) is 9.90. The lowest BCUT2D eigenvalue weighted by atomic mass is 10.1. The van der Waals surface area contributed by atoms with E-state index in [1.165, 1.54) is 18.9 Å². The van der Waals surface area contributed by atoms with E-state index in [2.05, 4.69) is 23.0 Å². The van der Waals surface area contributed by atoms with Gasteiger partial charge in [0.05, 0.1) is 29.0 Å². The van der Waals surface area contributed by atoms with E-state index < -0.39 is 0 Å². The number of benzene rings is 2. The molecule has 0 atom stereocenters. The smallest absolute Gasteiger partial charge is 0.337 e. The second-order valence-electron chi connectivity index (χ2n) is 6.50. The molecule has 0 spiro atoms. The summed E-state index contributed by atoms with van der Waals surface area (Å²) in [6, 6.07) is 15.1. The van der Waals surface area contributed by atoms with Crippen LogP contribution in [0.15, 0.2) is 53.6 Å². The number of fused-ring (bicyclic) bond motifs is 1. The third-order valence-corrected chi connectivity index (χ3v) is 5.35. The number of nitrogens with zero attached hydrogens (tertiary/aromatic N) is 1. The summed E-state index contributed by atoms with van der Waals surface area (Å²) in [5, 5.41) is 4.88. The van der Waals surface area contributed by atoms with Crippen molar-refractivity contribution in [1.29, 1.82) is 0 Å². The van der Waals surface area contributed by atoms with E-state index in [0.29, 0.717) is 17.9 Å². The number of rotatable bonds is 6. The largest absolute Gasteiger partial charge is 0.465 e. The first-order valence-electron chi connectivity index (χ1n) is 8.91. The van der Waals surface area contributed by atoms with Crippen LogP contribution in [0.2, 0.25) is 0 Å². The molecular weight excluding hydrogens is 372 g/mol. The molecule has 1 amide bonds. The number of methoxy groups -OCH3 is 1. The van der Waals surface area contributed by atoms with Crippen LogP contribution < -0.4 is 5.32 Å². The fourth-order valence-electron chi connectivity index (χ4n) is 2.87.